The molecule has 0 aromatic heterocycles. The van der Waals surface area contributed by atoms with Crippen molar-refractivity contribution in [3.63, 3.8) is 0 Å². The van der Waals surface area contributed by atoms with Crippen LogP contribution in [0.2, 0.25) is 0 Å². The Balaban J connectivity index is 2.00. The smallest absolute Gasteiger partial charge is 0.334 e. The van der Waals surface area contributed by atoms with E-state index in [1.54, 1.807) is 18.7 Å². The molecule has 0 saturated carbocycles. The van der Waals surface area contributed by atoms with Gasteiger partial charge in [0, 0.05) is 15.4 Å². The predicted octanol–water partition coefficient (Wildman–Crippen LogP) is 4.98. The van der Waals surface area contributed by atoms with Crippen molar-refractivity contribution in [2.75, 3.05) is 11.6 Å². The highest BCUT2D eigenvalue weighted by Gasteiger charge is 2.24. The fourth-order valence-corrected chi connectivity index (χ4v) is 3.78. The van der Waals surface area contributed by atoms with Gasteiger partial charge in [0.25, 0.3) is 0 Å². The highest BCUT2D eigenvalue weighted by molar-refractivity contribution is 7.99. The van der Waals surface area contributed by atoms with Crippen LogP contribution in [-0.4, -0.2) is 12.7 Å². The number of anilines is 2. The van der Waals surface area contributed by atoms with Crippen molar-refractivity contribution in [2.45, 2.75) is 30.6 Å². The monoisotopic (exact) mass is 325 g/mol. The van der Waals surface area contributed by atoms with Gasteiger partial charge < -0.3 is 9.64 Å². The van der Waals surface area contributed by atoms with Gasteiger partial charge in [0.15, 0.2) is 6.73 Å². The van der Waals surface area contributed by atoms with Crippen molar-refractivity contribution >= 4 is 29.1 Å². The van der Waals surface area contributed by atoms with Crippen LogP contribution in [0, 0.1) is 13.8 Å². The number of benzene rings is 2. The van der Waals surface area contributed by atoms with Gasteiger partial charge in [-0.05, 0) is 56.2 Å². The average molecular weight is 325 g/mol. The van der Waals surface area contributed by atoms with E-state index in [1.807, 2.05) is 4.90 Å². The molecule has 0 bridgehead atoms. The molecule has 0 N–H and O–H groups in total. The summed E-state index contributed by atoms with van der Waals surface area (Å²) in [7, 11) is 0. The first-order valence-electron chi connectivity index (χ1n) is 7.45. The number of carbonyl (C=O) groups is 1. The highest BCUT2D eigenvalue weighted by Crippen LogP contribution is 2.48. The van der Waals surface area contributed by atoms with E-state index in [0.29, 0.717) is 5.57 Å². The highest BCUT2D eigenvalue weighted by atomic mass is 32.2. The number of nitrogens with zero attached hydrogens (tertiary/aromatic N) is 1. The lowest BCUT2D eigenvalue weighted by molar-refractivity contribution is -0.138. The molecule has 0 radical (unpaired) electrons. The van der Waals surface area contributed by atoms with E-state index in [9.17, 15) is 4.79 Å². The largest absolute Gasteiger partial charge is 0.441 e. The second-order valence-electron chi connectivity index (χ2n) is 5.81. The summed E-state index contributed by atoms with van der Waals surface area (Å²) < 4.78 is 5.40. The molecule has 4 heteroatoms. The third kappa shape index (κ3) is 3.13. The lowest BCUT2D eigenvalue weighted by Crippen LogP contribution is -2.26. The molecule has 3 nitrogen and oxygen atoms in total. The van der Waals surface area contributed by atoms with E-state index in [4.69, 9.17) is 4.74 Å². The lowest BCUT2D eigenvalue weighted by atomic mass is 10.1. The maximum Gasteiger partial charge on any atom is 0.334 e. The summed E-state index contributed by atoms with van der Waals surface area (Å²) in [5.41, 5.74) is 4.96. The van der Waals surface area contributed by atoms with Crippen molar-refractivity contribution in [3.05, 3.63) is 59.7 Å². The normalized spacial score (nSPS) is 12.4. The van der Waals surface area contributed by atoms with Crippen molar-refractivity contribution < 1.29 is 9.53 Å². The topological polar surface area (TPSA) is 29.5 Å². The van der Waals surface area contributed by atoms with E-state index in [0.717, 1.165) is 11.4 Å². The summed E-state index contributed by atoms with van der Waals surface area (Å²) in [5, 5.41) is 0. The fraction of sp³-hybridized carbons (Fsp3) is 0.211. The fourth-order valence-electron chi connectivity index (χ4n) is 2.49. The molecule has 1 heterocycles. The third-order valence-corrected chi connectivity index (χ3v) is 4.80. The first-order valence-corrected chi connectivity index (χ1v) is 8.26. The second-order valence-corrected chi connectivity index (χ2v) is 6.90. The van der Waals surface area contributed by atoms with Crippen LogP contribution < -0.4 is 4.90 Å². The van der Waals surface area contributed by atoms with Crippen molar-refractivity contribution in [1.82, 2.24) is 0 Å². The molecule has 1 aliphatic rings. The number of carbonyl (C=O) groups excluding carboxylic acids is 1. The molecule has 3 rings (SSSR count). The van der Waals surface area contributed by atoms with Crippen LogP contribution in [0.1, 0.15) is 18.1 Å². The zero-order chi connectivity index (χ0) is 16.6. The van der Waals surface area contributed by atoms with Gasteiger partial charge in [-0.3, -0.25) is 0 Å². The average Bonchev–Trinajstić information content (AvgIpc) is 2.50. The second kappa shape index (κ2) is 6.13. The Morgan fingerprint density at radius 1 is 1.09 bits per heavy atom. The first kappa shape index (κ1) is 15.7. The van der Waals surface area contributed by atoms with Crippen molar-refractivity contribution in [3.8, 4) is 0 Å². The summed E-state index contributed by atoms with van der Waals surface area (Å²) in [6, 6.07) is 12.6. The molecule has 0 atom stereocenters. The number of hydrogen-bond acceptors (Lipinski definition) is 4. The molecular formula is C19H19NO2S. The number of ether oxygens (including phenoxy) is 1. The summed E-state index contributed by atoms with van der Waals surface area (Å²) in [6.45, 7) is 9.63. The molecule has 118 valence electrons. The molecule has 2 aromatic rings. The zero-order valence-electron chi connectivity index (χ0n) is 13.6. The predicted molar refractivity (Wildman–Crippen MR) is 94.4 cm³/mol. The summed E-state index contributed by atoms with van der Waals surface area (Å²) in [6.07, 6.45) is 0. The van der Waals surface area contributed by atoms with Crippen LogP contribution in [-0.2, 0) is 9.53 Å². The minimum Gasteiger partial charge on any atom is -0.441 e. The van der Waals surface area contributed by atoms with Gasteiger partial charge >= 0.3 is 5.97 Å². The molecule has 0 aliphatic carbocycles. The van der Waals surface area contributed by atoms with Gasteiger partial charge in [0.1, 0.15) is 0 Å². The maximum atomic E-state index is 11.8. The lowest BCUT2D eigenvalue weighted by Gasteiger charge is -2.32. The van der Waals surface area contributed by atoms with Crippen molar-refractivity contribution in [2.24, 2.45) is 0 Å². The molecule has 0 spiro atoms. The minimum absolute atomic E-state index is 0.179. The first-order chi connectivity index (χ1) is 11.0. The Labute approximate surface area is 141 Å². The van der Waals surface area contributed by atoms with Crippen LogP contribution in [0.25, 0.3) is 0 Å². The van der Waals surface area contributed by atoms with E-state index in [2.05, 4.69) is 56.8 Å². The Bertz CT molecular complexity index is 746. The van der Waals surface area contributed by atoms with E-state index >= 15 is 0 Å². The Kier molecular flexibility index (Phi) is 4.18. The van der Waals surface area contributed by atoms with Crippen LogP contribution >= 0.6 is 11.8 Å². The van der Waals surface area contributed by atoms with E-state index < -0.39 is 0 Å². The molecule has 0 amide bonds. The molecule has 23 heavy (non-hydrogen) atoms. The van der Waals surface area contributed by atoms with Gasteiger partial charge in [0.05, 0.1) is 11.4 Å². The molecule has 0 saturated heterocycles. The maximum absolute atomic E-state index is 11.8. The quantitative estimate of drug-likeness (QED) is 0.588. The van der Waals surface area contributed by atoms with Crippen LogP contribution in [0.15, 0.2) is 58.3 Å². The van der Waals surface area contributed by atoms with Gasteiger partial charge in [0.2, 0.25) is 0 Å². The van der Waals surface area contributed by atoms with Gasteiger partial charge in [-0.25, -0.2) is 4.79 Å². The zero-order valence-corrected chi connectivity index (χ0v) is 14.4. The molecule has 2 aromatic carbocycles. The standard InChI is InChI=1S/C19H19NO2S/c1-12(2)19(21)22-11-20-15-7-5-13(3)9-17(15)23-18-10-14(4)6-8-16(18)20/h5-10H,1,11H2,2-4H3. The summed E-state index contributed by atoms with van der Waals surface area (Å²) in [4.78, 5) is 16.2. The summed E-state index contributed by atoms with van der Waals surface area (Å²) >= 11 is 1.76. The Morgan fingerprint density at radius 3 is 2.09 bits per heavy atom. The number of rotatable bonds is 3. The van der Waals surface area contributed by atoms with Gasteiger partial charge in [-0.15, -0.1) is 0 Å². The van der Waals surface area contributed by atoms with Crippen LogP contribution in [0.3, 0.4) is 0 Å². The number of aryl methyl sites for hydroxylation is 2. The SMILES string of the molecule is C=C(C)C(=O)OCN1c2ccc(C)cc2Sc2cc(C)ccc21. The van der Waals surface area contributed by atoms with Crippen LogP contribution in [0.4, 0.5) is 11.4 Å². The van der Waals surface area contributed by atoms with Gasteiger partial charge in [-0.2, -0.15) is 0 Å². The molecule has 0 unspecified atom stereocenters. The van der Waals surface area contributed by atoms with Crippen molar-refractivity contribution in [1.29, 1.82) is 0 Å². The van der Waals surface area contributed by atoms with Crippen LogP contribution in [0.5, 0.6) is 0 Å². The number of hydrogen-bond donors (Lipinski definition) is 0. The minimum atomic E-state index is -0.370. The molecule has 1 aliphatic heterocycles. The Morgan fingerprint density at radius 2 is 1.61 bits per heavy atom. The van der Waals surface area contributed by atoms with Gasteiger partial charge in [-0.1, -0.05) is 30.5 Å². The summed E-state index contributed by atoms with van der Waals surface area (Å²) in [5.74, 6) is -0.370. The third-order valence-electron chi connectivity index (χ3n) is 3.71. The number of esters is 1. The number of fused-ring (bicyclic) bond motifs is 2. The van der Waals surface area contributed by atoms with E-state index in [1.165, 1.54) is 20.9 Å². The van der Waals surface area contributed by atoms with E-state index in [-0.39, 0.29) is 12.7 Å². The molecule has 0 fully saturated rings. The Hall–Kier alpha value is -2.20. The molecular weight excluding hydrogens is 306 g/mol.